The highest BCUT2D eigenvalue weighted by atomic mass is 32.1. The van der Waals surface area contributed by atoms with E-state index < -0.39 is 0 Å². The monoisotopic (exact) mass is 303 g/mol. The van der Waals surface area contributed by atoms with Gasteiger partial charge in [-0.2, -0.15) is 0 Å². The van der Waals surface area contributed by atoms with Crippen LogP contribution in [-0.2, 0) is 11.2 Å². The van der Waals surface area contributed by atoms with Crippen molar-refractivity contribution < 1.29 is 4.79 Å². The summed E-state index contributed by atoms with van der Waals surface area (Å²) < 4.78 is 0. The molecule has 3 heteroatoms. The van der Waals surface area contributed by atoms with Gasteiger partial charge < -0.3 is 0 Å². The minimum atomic E-state index is -0.0273. The molecule has 2 atom stereocenters. The minimum absolute atomic E-state index is 0.0273. The van der Waals surface area contributed by atoms with Gasteiger partial charge in [0.1, 0.15) is 5.78 Å². The predicted octanol–water partition coefficient (Wildman–Crippen LogP) is 4.56. The van der Waals surface area contributed by atoms with Crippen molar-refractivity contribution in [2.75, 3.05) is 0 Å². The molecule has 0 aliphatic heterocycles. The largest absolute Gasteiger partial charge is 0.299 e. The molecule has 1 heterocycles. The number of nitrogens with zero attached hydrogens (tertiary/aromatic N) is 1. The van der Waals surface area contributed by atoms with E-state index in [2.05, 4.69) is 24.2 Å². The summed E-state index contributed by atoms with van der Waals surface area (Å²) in [5, 5.41) is 3.14. The number of aromatic nitrogens is 1. The second-order valence-corrected chi connectivity index (χ2v) is 9.93. The minimum Gasteiger partial charge on any atom is -0.299 e. The maximum atomic E-state index is 13.1. The van der Waals surface area contributed by atoms with Crippen LogP contribution in [0.2, 0.25) is 0 Å². The molecule has 0 saturated heterocycles. The molecule has 1 aromatic heterocycles. The zero-order valence-electron chi connectivity index (χ0n) is 13.4. The summed E-state index contributed by atoms with van der Waals surface area (Å²) in [6.07, 6.45) is 8.02. The first kappa shape index (κ1) is 13.9. The van der Waals surface area contributed by atoms with Gasteiger partial charge in [-0.05, 0) is 62.2 Å². The van der Waals surface area contributed by atoms with E-state index in [-0.39, 0.29) is 5.41 Å². The average molecular weight is 303 g/mol. The molecular weight excluding hydrogens is 278 g/mol. The Morgan fingerprint density at radius 3 is 2.43 bits per heavy atom. The number of ketones is 1. The number of hydrogen-bond acceptors (Lipinski definition) is 3. The van der Waals surface area contributed by atoms with Gasteiger partial charge in [0, 0.05) is 10.8 Å². The third-order valence-electron chi connectivity index (χ3n) is 6.23. The van der Waals surface area contributed by atoms with Crippen LogP contribution in [0.15, 0.2) is 5.38 Å². The summed E-state index contributed by atoms with van der Waals surface area (Å²) in [7, 11) is 0. The van der Waals surface area contributed by atoms with E-state index in [4.69, 9.17) is 0 Å². The van der Waals surface area contributed by atoms with E-state index >= 15 is 0 Å². The molecule has 4 saturated carbocycles. The zero-order valence-corrected chi connectivity index (χ0v) is 14.2. The Labute approximate surface area is 131 Å². The molecular formula is C18H25NOS. The van der Waals surface area contributed by atoms with E-state index in [0.717, 1.165) is 35.9 Å². The SMILES string of the molecule is Cc1nc(CC(=O)C23CC4CC(C)(CC(C)(C4)C2)C3)cs1. The van der Waals surface area contributed by atoms with Crippen LogP contribution in [0.4, 0.5) is 0 Å². The second kappa shape index (κ2) is 4.18. The smallest absolute Gasteiger partial charge is 0.145 e. The molecule has 0 radical (unpaired) electrons. The van der Waals surface area contributed by atoms with Crippen LogP contribution in [0.3, 0.4) is 0 Å². The lowest BCUT2D eigenvalue weighted by molar-refractivity contribution is -0.167. The molecule has 2 unspecified atom stereocenters. The van der Waals surface area contributed by atoms with Crippen LogP contribution in [-0.4, -0.2) is 10.8 Å². The van der Waals surface area contributed by atoms with Crippen LogP contribution >= 0.6 is 11.3 Å². The summed E-state index contributed by atoms with van der Waals surface area (Å²) in [6.45, 7) is 6.89. The first-order valence-corrected chi connectivity index (χ1v) is 9.12. The van der Waals surface area contributed by atoms with Crippen LogP contribution in [0.25, 0.3) is 0 Å². The quantitative estimate of drug-likeness (QED) is 0.819. The van der Waals surface area contributed by atoms with Crippen molar-refractivity contribution in [2.24, 2.45) is 22.2 Å². The average Bonchev–Trinajstić information content (AvgIpc) is 2.69. The van der Waals surface area contributed by atoms with E-state index in [1.807, 2.05) is 6.92 Å². The fourth-order valence-corrected chi connectivity index (χ4v) is 7.21. The topological polar surface area (TPSA) is 30.0 Å². The van der Waals surface area contributed by atoms with E-state index in [1.165, 1.54) is 19.3 Å². The molecule has 0 aromatic carbocycles. The van der Waals surface area contributed by atoms with Crippen molar-refractivity contribution in [2.45, 2.75) is 65.7 Å². The zero-order chi connectivity index (χ0) is 14.9. The molecule has 5 rings (SSSR count). The van der Waals surface area contributed by atoms with Gasteiger partial charge in [-0.15, -0.1) is 11.3 Å². The normalized spacial score (nSPS) is 44.2. The standard InChI is InChI=1S/C18H25NOS/c1-12-19-14(8-21-12)4-15(20)18-7-13-5-16(2,10-18)9-17(3,6-13)11-18/h8,13H,4-7,9-11H2,1-3H3. The second-order valence-electron chi connectivity index (χ2n) is 8.87. The molecule has 2 nitrogen and oxygen atoms in total. The highest BCUT2D eigenvalue weighted by molar-refractivity contribution is 7.09. The van der Waals surface area contributed by atoms with Gasteiger partial charge in [0.25, 0.3) is 0 Å². The Morgan fingerprint density at radius 2 is 1.90 bits per heavy atom. The van der Waals surface area contributed by atoms with Gasteiger partial charge in [0.05, 0.1) is 17.1 Å². The maximum absolute atomic E-state index is 13.1. The molecule has 0 amide bonds. The number of carbonyl (C=O) groups is 1. The Kier molecular flexibility index (Phi) is 2.78. The van der Waals surface area contributed by atoms with Gasteiger partial charge in [-0.25, -0.2) is 4.98 Å². The molecule has 4 bridgehead atoms. The number of carbonyl (C=O) groups excluding carboxylic acids is 1. The number of rotatable bonds is 3. The lowest BCUT2D eigenvalue weighted by Crippen LogP contribution is -2.57. The van der Waals surface area contributed by atoms with E-state index in [0.29, 0.717) is 23.0 Å². The highest BCUT2D eigenvalue weighted by Crippen LogP contribution is 2.69. The lowest BCUT2D eigenvalue weighted by atomic mass is 9.39. The molecule has 4 fully saturated rings. The summed E-state index contributed by atoms with van der Waals surface area (Å²) in [5.74, 6) is 1.27. The summed E-state index contributed by atoms with van der Waals surface area (Å²) >= 11 is 1.66. The van der Waals surface area contributed by atoms with Crippen LogP contribution < -0.4 is 0 Å². The van der Waals surface area contributed by atoms with E-state index in [1.54, 1.807) is 11.3 Å². The highest BCUT2D eigenvalue weighted by Gasteiger charge is 2.62. The Balaban J connectivity index is 1.63. The Bertz CT molecular complexity index is 586. The van der Waals surface area contributed by atoms with E-state index in [9.17, 15) is 4.79 Å². The number of hydrogen-bond donors (Lipinski definition) is 0. The van der Waals surface area contributed by atoms with Crippen molar-refractivity contribution in [1.82, 2.24) is 4.98 Å². The molecule has 4 aliphatic carbocycles. The summed E-state index contributed by atoms with van der Waals surface area (Å²) in [4.78, 5) is 17.6. The molecule has 0 N–H and O–H groups in total. The van der Waals surface area contributed by atoms with Crippen LogP contribution in [0.5, 0.6) is 0 Å². The van der Waals surface area contributed by atoms with Gasteiger partial charge in [0.2, 0.25) is 0 Å². The van der Waals surface area contributed by atoms with Crippen molar-refractivity contribution in [1.29, 1.82) is 0 Å². The van der Waals surface area contributed by atoms with Gasteiger partial charge in [-0.1, -0.05) is 13.8 Å². The van der Waals surface area contributed by atoms with Crippen molar-refractivity contribution in [3.63, 3.8) is 0 Å². The lowest BCUT2D eigenvalue weighted by Gasteiger charge is -2.64. The summed E-state index contributed by atoms with van der Waals surface area (Å²) in [5.41, 5.74) is 1.80. The maximum Gasteiger partial charge on any atom is 0.145 e. The molecule has 0 spiro atoms. The molecule has 1 aromatic rings. The molecule has 114 valence electrons. The van der Waals surface area contributed by atoms with Gasteiger partial charge in [0.15, 0.2) is 0 Å². The van der Waals surface area contributed by atoms with Gasteiger partial charge in [-0.3, -0.25) is 4.79 Å². The fourth-order valence-electron chi connectivity index (χ4n) is 6.60. The van der Waals surface area contributed by atoms with Crippen molar-refractivity contribution >= 4 is 17.1 Å². The van der Waals surface area contributed by atoms with Crippen LogP contribution in [0.1, 0.15) is 63.1 Å². The molecule has 21 heavy (non-hydrogen) atoms. The van der Waals surface area contributed by atoms with Crippen molar-refractivity contribution in [3.8, 4) is 0 Å². The van der Waals surface area contributed by atoms with Gasteiger partial charge >= 0.3 is 0 Å². The number of Topliss-reactive ketones (excluding diaryl/α,β-unsaturated/α-hetero) is 1. The first-order valence-electron chi connectivity index (χ1n) is 8.24. The molecule has 4 aliphatic rings. The number of thiazole rings is 1. The third-order valence-corrected chi connectivity index (χ3v) is 7.05. The Hall–Kier alpha value is -0.700. The van der Waals surface area contributed by atoms with Crippen LogP contribution in [0, 0.1) is 29.1 Å². The third kappa shape index (κ3) is 2.19. The number of aryl methyl sites for hydroxylation is 1. The summed E-state index contributed by atoms with van der Waals surface area (Å²) in [6, 6.07) is 0. The fraction of sp³-hybridized carbons (Fsp3) is 0.778. The Morgan fingerprint density at radius 1 is 1.24 bits per heavy atom. The predicted molar refractivity (Wildman–Crippen MR) is 85.4 cm³/mol. The first-order chi connectivity index (χ1) is 9.80. The van der Waals surface area contributed by atoms with Crippen molar-refractivity contribution in [3.05, 3.63) is 16.1 Å².